The maximum Gasteiger partial charge on any atom is 0.232 e. The molecule has 2 heteroatoms. The van der Waals surface area contributed by atoms with Gasteiger partial charge < -0.3 is 5.32 Å². The quantitative estimate of drug-likeness (QED) is 0.551. The van der Waals surface area contributed by atoms with Crippen molar-refractivity contribution in [3.8, 4) is 0 Å². The van der Waals surface area contributed by atoms with Crippen molar-refractivity contribution in [1.82, 2.24) is 5.32 Å². The number of rotatable bonds is 7. The normalized spacial score (nSPS) is 12.2. The van der Waals surface area contributed by atoms with Gasteiger partial charge in [0.1, 0.15) is 0 Å². The zero-order chi connectivity index (χ0) is 19.9. The Bertz CT molecular complexity index is 830. The highest BCUT2D eigenvalue weighted by Gasteiger charge is 2.26. The van der Waals surface area contributed by atoms with E-state index < -0.39 is 0 Å². The summed E-state index contributed by atoms with van der Waals surface area (Å²) in [5.74, 6) is 0.0119. The monoisotopic (exact) mass is 371 g/mol. The number of benzene rings is 3. The Kier molecular flexibility index (Phi) is 6.65. The van der Waals surface area contributed by atoms with Crippen LogP contribution < -0.4 is 5.32 Å². The molecule has 1 amide bonds. The van der Waals surface area contributed by atoms with E-state index in [-0.39, 0.29) is 17.9 Å². The second-order valence-electron chi connectivity index (χ2n) is 7.58. The average Bonchev–Trinajstić information content (AvgIpc) is 2.74. The summed E-state index contributed by atoms with van der Waals surface area (Å²) in [5, 5.41) is 3.33. The molecule has 28 heavy (non-hydrogen) atoms. The number of nitrogens with one attached hydrogen (secondary N) is 1. The average molecular weight is 372 g/mol. The summed E-state index contributed by atoms with van der Waals surface area (Å²) >= 11 is 0. The van der Waals surface area contributed by atoms with Crippen LogP contribution in [-0.4, -0.2) is 5.91 Å². The lowest BCUT2D eigenvalue weighted by Gasteiger charge is -2.26. The Labute approximate surface area is 168 Å². The predicted octanol–water partition coefficient (Wildman–Crippen LogP) is 5.89. The van der Waals surface area contributed by atoms with Gasteiger partial charge in [-0.2, -0.15) is 0 Å². The third kappa shape index (κ3) is 4.69. The van der Waals surface area contributed by atoms with Crippen molar-refractivity contribution < 1.29 is 4.79 Å². The molecule has 0 spiro atoms. The zero-order valence-corrected chi connectivity index (χ0v) is 16.9. The third-order valence-electron chi connectivity index (χ3n) is 5.24. The lowest BCUT2D eigenvalue weighted by molar-refractivity contribution is -0.122. The number of hydrogen-bond donors (Lipinski definition) is 1. The molecule has 0 aromatic heterocycles. The van der Waals surface area contributed by atoms with Crippen molar-refractivity contribution in [3.63, 3.8) is 0 Å². The molecule has 0 heterocycles. The van der Waals surface area contributed by atoms with Crippen LogP contribution in [0, 0.1) is 5.92 Å². The van der Waals surface area contributed by atoms with Crippen molar-refractivity contribution >= 4 is 5.91 Å². The number of hydrogen-bond acceptors (Lipinski definition) is 1. The Morgan fingerprint density at radius 1 is 0.750 bits per heavy atom. The van der Waals surface area contributed by atoms with Crippen LogP contribution in [0.15, 0.2) is 84.9 Å². The van der Waals surface area contributed by atoms with Gasteiger partial charge >= 0.3 is 0 Å². The number of aryl methyl sites for hydroxylation is 1. The van der Waals surface area contributed by atoms with Gasteiger partial charge in [0.2, 0.25) is 5.91 Å². The fourth-order valence-corrected chi connectivity index (χ4v) is 3.62. The van der Waals surface area contributed by atoms with Crippen LogP contribution in [0.4, 0.5) is 0 Å². The smallest absolute Gasteiger partial charge is 0.232 e. The molecule has 144 valence electrons. The number of carbonyl (C=O) groups excluding carboxylic acids is 1. The van der Waals surface area contributed by atoms with Gasteiger partial charge in [-0.1, -0.05) is 106 Å². The van der Waals surface area contributed by atoms with E-state index in [4.69, 9.17) is 0 Å². The summed E-state index contributed by atoms with van der Waals surface area (Å²) in [6, 6.07) is 28.6. The Balaban J connectivity index is 1.91. The van der Waals surface area contributed by atoms with Gasteiger partial charge in [0, 0.05) is 0 Å². The molecule has 0 saturated heterocycles. The number of amides is 1. The van der Waals surface area contributed by atoms with E-state index in [1.165, 1.54) is 5.56 Å². The highest BCUT2D eigenvalue weighted by Crippen LogP contribution is 2.28. The Hall–Kier alpha value is -2.87. The molecule has 1 atom stereocenters. The standard InChI is InChI=1S/C26H29NO/c1-4-20-15-17-23(18-16-20)25(19(2)3)27-26(28)24(21-11-7-5-8-12-21)22-13-9-6-10-14-22/h5-19,24-25H,4H2,1-3H3,(H,27,28)/t25-/m1/s1. The van der Waals surface area contributed by atoms with Gasteiger partial charge in [-0.15, -0.1) is 0 Å². The van der Waals surface area contributed by atoms with Crippen LogP contribution in [0.25, 0.3) is 0 Å². The van der Waals surface area contributed by atoms with Crippen molar-refractivity contribution in [2.45, 2.75) is 39.2 Å². The minimum absolute atomic E-state index is 0.0201. The van der Waals surface area contributed by atoms with Crippen LogP contribution in [-0.2, 0) is 11.2 Å². The molecule has 0 aliphatic rings. The zero-order valence-electron chi connectivity index (χ0n) is 16.9. The molecule has 0 unspecified atom stereocenters. The topological polar surface area (TPSA) is 29.1 Å². The summed E-state index contributed by atoms with van der Waals surface area (Å²) < 4.78 is 0. The Morgan fingerprint density at radius 2 is 1.25 bits per heavy atom. The van der Waals surface area contributed by atoms with Crippen LogP contribution in [0.2, 0.25) is 0 Å². The van der Waals surface area contributed by atoms with Crippen molar-refractivity contribution in [2.75, 3.05) is 0 Å². The molecule has 1 N–H and O–H groups in total. The molecule has 3 aromatic carbocycles. The molecular weight excluding hydrogens is 342 g/mol. The highest BCUT2D eigenvalue weighted by atomic mass is 16.1. The van der Waals surface area contributed by atoms with Gasteiger partial charge in [-0.05, 0) is 34.6 Å². The second kappa shape index (κ2) is 9.36. The second-order valence-corrected chi connectivity index (χ2v) is 7.58. The molecule has 0 aliphatic heterocycles. The van der Waals surface area contributed by atoms with E-state index >= 15 is 0 Å². The largest absolute Gasteiger partial charge is 0.348 e. The maximum absolute atomic E-state index is 13.4. The first-order valence-corrected chi connectivity index (χ1v) is 10.1. The molecule has 2 nitrogen and oxygen atoms in total. The molecule has 0 saturated carbocycles. The lowest BCUT2D eigenvalue weighted by Crippen LogP contribution is -2.35. The third-order valence-corrected chi connectivity index (χ3v) is 5.24. The highest BCUT2D eigenvalue weighted by molar-refractivity contribution is 5.87. The van der Waals surface area contributed by atoms with Gasteiger partial charge in [-0.3, -0.25) is 4.79 Å². The van der Waals surface area contributed by atoms with E-state index in [1.807, 2.05) is 60.7 Å². The van der Waals surface area contributed by atoms with Crippen molar-refractivity contribution in [2.24, 2.45) is 5.92 Å². The summed E-state index contributed by atoms with van der Waals surface area (Å²) in [6.07, 6.45) is 1.02. The van der Waals surface area contributed by atoms with Crippen molar-refractivity contribution in [3.05, 3.63) is 107 Å². The van der Waals surface area contributed by atoms with Crippen LogP contribution in [0.5, 0.6) is 0 Å². The lowest BCUT2D eigenvalue weighted by atomic mass is 9.88. The first-order chi connectivity index (χ1) is 13.6. The van der Waals surface area contributed by atoms with Crippen molar-refractivity contribution in [1.29, 1.82) is 0 Å². The van der Waals surface area contributed by atoms with E-state index in [2.05, 4.69) is 50.4 Å². The SMILES string of the molecule is CCc1ccc([C@H](NC(=O)C(c2ccccc2)c2ccccc2)C(C)C)cc1. The van der Waals surface area contributed by atoms with Crippen LogP contribution in [0.3, 0.4) is 0 Å². The minimum atomic E-state index is -0.321. The molecule has 3 rings (SSSR count). The first kappa shape index (κ1) is 19.9. The van der Waals surface area contributed by atoms with E-state index in [0.29, 0.717) is 5.92 Å². The maximum atomic E-state index is 13.4. The molecule has 0 bridgehead atoms. The minimum Gasteiger partial charge on any atom is -0.348 e. The summed E-state index contributed by atoms with van der Waals surface area (Å²) in [4.78, 5) is 13.4. The predicted molar refractivity (Wildman–Crippen MR) is 116 cm³/mol. The van der Waals surface area contributed by atoms with Gasteiger partial charge in [0.25, 0.3) is 0 Å². The molecular formula is C26H29NO. The van der Waals surface area contributed by atoms with E-state index in [0.717, 1.165) is 23.1 Å². The number of carbonyl (C=O) groups is 1. The molecule has 3 aromatic rings. The van der Waals surface area contributed by atoms with Gasteiger partial charge in [0.15, 0.2) is 0 Å². The van der Waals surface area contributed by atoms with Crippen LogP contribution in [0.1, 0.15) is 55.0 Å². The van der Waals surface area contributed by atoms with Gasteiger partial charge in [-0.25, -0.2) is 0 Å². The molecule has 0 radical (unpaired) electrons. The van der Waals surface area contributed by atoms with Gasteiger partial charge in [0.05, 0.1) is 12.0 Å². The molecule has 0 aliphatic carbocycles. The van der Waals surface area contributed by atoms with E-state index in [1.54, 1.807) is 0 Å². The molecule has 0 fully saturated rings. The van der Waals surface area contributed by atoms with Crippen LogP contribution >= 0.6 is 0 Å². The fourth-order valence-electron chi connectivity index (χ4n) is 3.62. The fraction of sp³-hybridized carbons (Fsp3) is 0.269. The van der Waals surface area contributed by atoms with E-state index in [9.17, 15) is 4.79 Å². The summed E-state index contributed by atoms with van der Waals surface area (Å²) in [7, 11) is 0. The summed E-state index contributed by atoms with van der Waals surface area (Å²) in [5.41, 5.74) is 4.48. The summed E-state index contributed by atoms with van der Waals surface area (Å²) in [6.45, 7) is 6.46. The Morgan fingerprint density at radius 3 is 1.68 bits per heavy atom. The first-order valence-electron chi connectivity index (χ1n) is 10.1.